The van der Waals surface area contributed by atoms with E-state index in [1.165, 1.54) is 0 Å². The Balaban J connectivity index is 2.91. The summed E-state index contributed by atoms with van der Waals surface area (Å²) in [7, 11) is 0. The number of rotatable bonds is 0. The number of halogens is 3. The first kappa shape index (κ1) is 9.63. The SMILES string of the molecule is [O-][N+](O)=C1C=CC=C(C(F)(F)F)C1. The summed E-state index contributed by atoms with van der Waals surface area (Å²) >= 11 is 0. The van der Waals surface area contributed by atoms with Crippen LogP contribution in [0.15, 0.2) is 23.8 Å². The van der Waals surface area contributed by atoms with Gasteiger partial charge in [0.25, 0.3) is 0 Å². The lowest BCUT2D eigenvalue weighted by molar-refractivity contribution is -0.726. The second kappa shape index (κ2) is 3.12. The summed E-state index contributed by atoms with van der Waals surface area (Å²) in [5, 5.41) is 18.6. The molecule has 1 N–H and O–H groups in total. The molecule has 0 spiro atoms. The maximum Gasteiger partial charge on any atom is 0.413 e. The molecule has 0 aliphatic heterocycles. The molecular formula is C7H6F3NO2. The Bertz CT molecular complexity index is 297. The molecule has 13 heavy (non-hydrogen) atoms. The largest absolute Gasteiger partial charge is 0.417 e. The van der Waals surface area contributed by atoms with E-state index in [-0.39, 0.29) is 5.71 Å². The van der Waals surface area contributed by atoms with Crippen LogP contribution in [0.5, 0.6) is 0 Å². The van der Waals surface area contributed by atoms with Crippen LogP contribution in [-0.2, 0) is 0 Å². The van der Waals surface area contributed by atoms with Crippen LogP contribution in [0.4, 0.5) is 13.2 Å². The van der Waals surface area contributed by atoms with Gasteiger partial charge in [-0.15, -0.1) is 0 Å². The first-order valence-corrected chi connectivity index (χ1v) is 3.37. The van der Waals surface area contributed by atoms with Gasteiger partial charge >= 0.3 is 6.18 Å². The number of allylic oxidation sites excluding steroid dienone is 4. The predicted octanol–water partition coefficient (Wildman–Crippen LogP) is 1.78. The summed E-state index contributed by atoms with van der Waals surface area (Å²) in [5.41, 5.74) is -1.17. The molecule has 0 bridgehead atoms. The van der Waals surface area contributed by atoms with Crippen LogP contribution in [0.3, 0.4) is 0 Å². The fourth-order valence-electron chi connectivity index (χ4n) is 0.914. The average Bonchev–Trinajstić information content (AvgIpc) is 2.03. The highest BCUT2D eigenvalue weighted by atomic mass is 19.4. The van der Waals surface area contributed by atoms with Crippen molar-refractivity contribution in [2.45, 2.75) is 12.6 Å². The number of alkyl halides is 3. The Kier molecular flexibility index (Phi) is 2.31. The maximum atomic E-state index is 12.1. The topological polar surface area (TPSA) is 46.3 Å². The van der Waals surface area contributed by atoms with E-state index in [2.05, 4.69) is 0 Å². The lowest BCUT2D eigenvalue weighted by atomic mass is 10.0. The lowest BCUT2D eigenvalue weighted by Crippen LogP contribution is -2.20. The van der Waals surface area contributed by atoms with Crippen LogP contribution in [0.25, 0.3) is 0 Å². The minimum atomic E-state index is -4.45. The van der Waals surface area contributed by atoms with Crippen LogP contribution in [0.2, 0.25) is 0 Å². The van der Waals surface area contributed by atoms with E-state index < -0.39 is 23.1 Å². The molecule has 0 saturated carbocycles. The van der Waals surface area contributed by atoms with Crippen molar-refractivity contribution in [3.63, 3.8) is 0 Å². The van der Waals surface area contributed by atoms with Gasteiger partial charge < -0.3 is 5.21 Å². The van der Waals surface area contributed by atoms with Crippen LogP contribution < -0.4 is 0 Å². The average molecular weight is 193 g/mol. The molecule has 0 fully saturated rings. The minimum absolute atomic E-state index is 0.324. The van der Waals surface area contributed by atoms with E-state index in [0.717, 1.165) is 18.2 Å². The molecule has 0 amide bonds. The summed E-state index contributed by atoms with van der Waals surface area (Å²) in [6.07, 6.45) is -1.98. The van der Waals surface area contributed by atoms with E-state index in [1.54, 1.807) is 0 Å². The van der Waals surface area contributed by atoms with E-state index in [9.17, 15) is 18.4 Å². The van der Waals surface area contributed by atoms with Gasteiger partial charge in [0.15, 0.2) is 0 Å². The van der Waals surface area contributed by atoms with Gasteiger partial charge in [-0.05, 0) is 0 Å². The quantitative estimate of drug-likeness (QED) is 0.362. The molecule has 3 nitrogen and oxygen atoms in total. The van der Waals surface area contributed by atoms with Crippen molar-refractivity contribution in [3.8, 4) is 0 Å². The van der Waals surface area contributed by atoms with Crippen LogP contribution in [-0.4, -0.2) is 22.0 Å². The Morgan fingerprint density at radius 2 is 2.08 bits per heavy atom. The van der Waals surface area contributed by atoms with Crippen molar-refractivity contribution in [1.82, 2.24) is 0 Å². The second-order valence-electron chi connectivity index (χ2n) is 2.49. The molecule has 1 rings (SSSR count). The fraction of sp³-hybridized carbons (Fsp3) is 0.286. The summed E-state index contributed by atoms with van der Waals surface area (Å²) in [5.74, 6) is 0. The van der Waals surface area contributed by atoms with Gasteiger partial charge in [0.1, 0.15) is 0 Å². The zero-order chi connectivity index (χ0) is 10.1. The second-order valence-corrected chi connectivity index (χ2v) is 2.49. The molecule has 1 aliphatic rings. The van der Waals surface area contributed by atoms with Crippen molar-refractivity contribution in [1.29, 1.82) is 0 Å². The Morgan fingerprint density at radius 3 is 2.54 bits per heavy atom. The minimum Gasteiger partial charge on any atom is -0.417 e. The Labute approximate surface area is 71.6 Å². The van der Waals surface area contributed by atoms with Crippen molar-refractivity contribution in [3.05, 3.63) is 29.0 Å². The molecule has 0 atom stereocenters. The zero-order valence-electron chi connectivity index (χ0n) is 6.38. The highest BCUT2D eigenvalue weighted by molar-refractivity contribution is 5.94. The molecule has 1 aliphatic carbocycles. The van der Waals surface area contributed by atoms with Gasteiger partial charge in [-0.25, -0.2) is 0 Å². The maximum absolute atomic E-state index is 12.1. The molecular weight excluding hydrogens is 187 g/mol. The Morgan fingerprint density at radius 1 is 1.46 bits per heavy atom. The number of hydrogen-bond acceptors (Lipinski definition) is 2. The van der Waals surface area contributed by atoms with Crippen molar-refractivity contribution >= 4 is 5.71 Å². The van der Waals surface area contributed by atoms with Gasteiger partial charge in [-0.2, -0.15) is 13.2 Å². The van der Waals surface area contributed by atoms with Crippen molar-refractivity contribution < 1.29 is 23.3 Å². The van der Waals surface area contributed by atoms with Crippen LogP contribution in [0.1, 0.15) is 6.42 Å². The monoisotopic (exact) mass is 193 g/mol. The van der Waals surface area contributed by atoms with E-state index in [0.29, 0.717) is 0 Å². The fourth-order valence-corrected chi connectivity index (χ4v) is 0.914. The van der Waals surface area contributed by atoms with Gasteiger partial charge in [0.05, 0.1) is 6.42 Å². The number of hydrogen-bond donors (Lipinski definition) is 1. The zero-order valence-corrected chi connectivity index (χ0v) is 6.38. The summed E-state index contributed by atoms with van der Waals surface area (Å²) in [6.45, 7) is 0. The molecule has 0 aromatic rings. The van der Waals surface area contributed by atoms with E-state index >= 15 is 0 Å². The predicted molar refractivity (Wildman–Crippen MR) is 38.3 cm³/mol. The molecule has 72 valence electrons. The standard InChI is InChI=1S/C7H6F3NO2/c8-7(9,10)5-2-1-3-6(4-5)11(12)13/h1-3H,4H2,(H,12,13). The van der Waals surface area contributed by atoms with Crippen LogP contribution in [0, 0.1) is 5.21 Å². The molecule has 0 heterocycles. The molecule has 0 aromatic carbocycles. The van der Waals surface area contributed by atoms with E-state index in [4.69, 9.17) is 5.21 Å². The highest BCUT2D eigenvalue weighted by Gasteiger charge is 2.36. The summed E-state index contributed by atoms with van der Waals surface area (Å²) < 4.78 is 36.2. The number of nitrogens with zero attached hydrogens (tertiary/aromatic N) is 1. The highest BCUT2D eigenvalue weighted by Crippen LogP contribution is 2.29. The molecule has 0 unspecified atom stereocenters. The van der Waals surface area contributed by atoms with Crippen LogP contribution >= 0.6 is 0 Å². The lowest BCUT2D eigenvalue weighted by Gasteiger charge is -2.11. The first-order valence-electron chi connectivity index (χ1n) is 3.37. The third-order valence-electron chi connectivity index (χ3n) is 1.57. The smallest absolute Gasteiger partial charge is 0.413 e. The summed E-state index contributed by atoms with van der Waals surface area (Å²) in [4.78, 5) is -0.560. The van der Waals surface area contributed by atoms with Crippen molar-refractivity contribution in [2.24, 2.45) is 0 Å². The normalized spacial score (nSPS) is 21.3. The Hall–Kier alpha value is -1.46. The third kappa shape index (κ3) is 2.24. The first-order chi connectivity index (χ1) is 5.91. The van der Waals surface area contributed by atoms with Gasteiger partial charge in [0.2, 0.25) is 5.71 Å². The molecule has 6 heteroatoms. The molecule has 0 saturated heterocycles. The molecule has 0 radical (unpaired) electrons. The van der Waals surface area contributed by atoms with Gasteiger partial charge in [-0.1, -0.05) is 12.2 Å². The summed E-state index contributed by atoms with van der Waals surface area (Å²) in [6, 6.07) is 0. The van der Waals surface area contributed by atoms with Gasteiger partial charge in [-0.3, -0.25) is 5.21 Å². The van der Waals surface area contributed by atoms with Gasteiger partial charge in [0, 0.05) is 16.6 Å². The van der Waals surface area contributed by atoms with E-state index in [1.807, 2.05) is 0 Å². The third-order valence-corrected chi connectivity index (χ3v) is 1.57. The molecule has 0 aromatic heterocycles. The van der Waals surface area contributed by atoms with Crippen molar-refractivity contribution in [2.75, 3.05) is 0 Å².